The minimum atomic E-state index is -0.833. The van der Waals surface area contributed by atoms with Crippen LogP contribution in [0.3, 0.4) is 0 Å². The Morgan fingerprint density at radius 2 is 1.57 bits per heavy atom. The number of aliphatic carboxylic acids is 1. The molecule has 0 radical (unpaired) electrons. The predicted octanol–water partition coefficient (Wildman–Crippen LogP) is -1.59. The van der Waals surface area contributed by atoms with E-state index in [1.807, 2.05) is 0 Å². The smallest absolute Gasteiger partial charge is 0.316 e. The Labute approximate surface area is 61.6 Å². The van der Waals surface area contributed by atoms with Crippen molar-refractivity contribution in [3.8, 4) is 0 Å². The molecule has 0 amide bonds. The lowest BCUT2D eigenvalue weighted by molar-refractivity contribution is -0.134. The summed E-state index contributed by atoms with van der Waals surface area (Å²) in [6, 6.07) is 0. The minimum Gasteiger partial charge on any atom is -0.481 e. The number of carboxylic acids is 1. The van der Waals surface area contributed by atoms with Crippen LogP contribution >= 0.6 is 9.90 Å². The SMILES string of the molecule is CC(=O)O.O.P.[MgH2]. The quantitative estimate of drug-likeness (QED) is 0.324. The average Bonchev–Trinajstić information content (AvgIpc) is 0.811. The van der Waals surface area contributed by atoms with Gasteiger partial charge in [0, 0.05) is 6.92 Å². The van der Waals surface area contributed by atoms with Crippen molar-refractivity contribution >= 4 is 38.9 Å². The van der Waals surface area contributed by atoms with E-state index in [1.54, 1.807) is 0 Å². The number of hydrogen-bond acceptors (Lipinski definition) is 1. The number of hydrogen-bond donors (Lipinski definition) is 1. The van der Waals surface area contributed by atoms with Crippen molar-refractivity contribution in [3.63, 3.8) is 0 Å². The van der Waals surface area contributed by atoms with Crippen molar-refractivity contribution in [3.05, 3.63) is 0 Å². The van der Waals surface area contributed by atoms with E-state index >= 15 is 0 Å². The van der Waals surface area contributed by atoms with Gasteiger partial charge in [-0.15, -0.1) is 0 Å². The van der Waals surface area contributed by atoms with Crippen LogP contribution in [-0.2, 0) is 4.79 Å². The topological polar surface area (TPSA) is 68.8 Å². The van der Waals surface area contributed by atoms with Crippen molar-refractivity contribution < 1.29 is 15.4 Å². The molecule has 0 saturated heterocycles. The van der Waals surface area contributed by atoms with Crippen LogP contribution in [0.4, 0.5) is 0 Å². The molecule has 0 aliphatic heterocycles. The van der Waals surface area contributed by atoms with Crippen LogP contribution in [-0.4, -0.2) is 39.6 Å². The van der Waals surface area contributed by atoms with Gasteiger partial charge in [-0.1, -0.05) is 0 Å². The average molecular weight is 138 g/mol. The van der Waals surface area contributed by atoms with E-state index in [4.69, 9.17) is 9.90 Å². The molecule has 44 valence electrons. The van der Waals surface area contributed by atoms with Gasteiger partial charge in [-0.2, -0.15) is 9.90 Å². The van der Waals surface area contributed by atoms with Gasteiger partial charge in [0.2, 0.25) is 0 Å². The molecule has 0 spiro atoms. The maximum Gasteiger partial charge on any atom is 0.316 e. The van der Waals surface area contributed by atoms with E-state index < -0.39 is 5.97 Å². The lowest BCUT2D eigenvalue weighted by Crippen LogP contribution is -1.78. The third-order valence-electron chi connectivity index (χ3n) is 0. The fraction of sp³-hybridized carbons (Fsp3) is 0.500. The monoisotopic (exact) mass is 138 g/mol. The van der Waals surface area contributed by atoms with Gasteiger partial charge in [0.25, 0.3) is 5.97 Å². The van der Waals surface area contributed by atoms with Crippen LogP contribution in [0.5, 0.6) is 0 Å². The van der Waals surface area contributed by atoms with Crippen LogP contribution < -0.4 is 0 Å². The normalized spacial score (nSPS) is 3.57. The van der Waals surface area contributed by atoms with E-state index in [9.17, 15) is 0 Å². The second-order valence-corrected chi connectivity index (χ2v) is 0.519. The van der Waals surface area contributed by atoms with Crippen LogP contribution in [0.15, 0.2) is 0 Å². The molecule has 5 heteroatoms. The Morgan fingerprint density at radius 3 is 1.57 bits per heavy atom. The van der Waals surface area contributed by atoms with Crippen LogP contribution in [0, 0.1) is 0 Å². The molecule has 0 aliphatic rings. The maximum absolute atomic E-state index is 9.00. The lowest BCUT2D eigenvalue weighted by Gasteiger charge is -1.59. The molecule has 0 heterocycles. The summed E-state index contributed by atoms with van der Waals surface area (Å²) in [5.74, 6) is -0.833. The van der Waals surface area contributed by atoms with Crippen molar-refractivity contribution in [2.24, 2.45) is 0 Å². The van der Waals surface area contributed by atoms with Gasteiger partial charge in [0.15, 0.2) is 0 Å². The summed E-state index contributed by atoms with van der Waals surface area (Å²) in [6.07, 6.45) is 0. The highest BCUT2D eigenvalue weighted by molar-refractivity contribution is 6.92. The molecule has 0 saturated carbocycles. The van der Waals surface area contributed by atoms with Crippen molar-refractivity contribution in [1.29, 1.82) is 0 Å². The van der Waals surface area contributed by atoms with Crippen LogP contribution in [0.25, 0.3) is 0 Å². The van der Waals surface area contributed by atoms with Gasteiger partial charge >= 0.3 is 23.1 Å². The molecular weight excluding hydrogens is 127 g/mol. The predicted molar refractivity (Wildman–Crippen MR) is 36.6 cm³/mol. The zero-order valence-electron chi connectivity index (χ0n) is 3.56. The molecule has 0 aromatic heterocycles. The Bertz CT molecular complexity index is 35.9. The molecular formula is C2H11MgO3P. The standard InChI is InChI=1S/C2H4O2.Mg.H2O.H3P.2H/c1-2(3)4;;;;;/h1H3,(H,3,4);;1H2;1H3;;. The lowest BCUT2D eigenvalue weighted by atomic mass is 10.9. The van der Waals surface area contributed by atoms with Crippen molar-refractivity contribution in [2.75, 3.05) is 0 Å². The van der Waals surface area contributed by atoms with Gasteiger partial charge in [-0.05, 0) is 0 Å². The first-order chi connectivity index (χ1) is 1.73. The van der Waals surface area contributed by atoms with Crippen LogP contribution in [0.1, 0.15) is 6.92 Å². The van der Waals surface area contributed by atoms with Crippen LogP contribution in [0.2, 0.25) is 0 Å². The molecule has 1 unspecified atom stereocenters. The van der Waals surface area contributed by atoms with Gasteiger partial charge in [0.1, 0.15) is 0 Å². The summed E-state index contributed by atoms with van der Waals surface area (Å²) in [6.45, 7) is 1.08. The van der Waals surface area contributed by atoms with E-state index in [-0.39, 0.29) is 38.4 Å². The summed E-state index contributed by atoms with van der Waals surface area (Å²) < 4.78 is 0. The molecule has 3 N–H and O–H groups in total. The Balaban J connectivity index is -0.0000000150. The highest BCUT2D eigenvalue weighted by Gasteiger charge is 1.65. The molecule has 0 fully saturated rings. The summed E-state index contributed by atoms with van der Waals surface area (Å²) in [7, 11) is 0. The van der Waals surface area contributed by atoms with E-state index in [0.717, 1.165) is 6.92 Å². The molecule has 0 aromatic rings. The summed E-state index contributed by atoms with van der Waals surface area (Å²) >= 11 is 0. The molecule has 7 heavy (non-hydrogen) atoms. The van der Waals surface area contributed by atoms with E-state index in [1.165, 1.54) is 0 Å². The third kappa shape index (κ3) is 362. The van der Waals surface area contributed by atoms with Gasteiger partial charge in [0.05, 0.1) is 0 Å². The third-order valence-corrected chi connectivity index (χ3v) is 0. The maximum atomic E-state index is 9.00. The number of carbonyl (C=O) groups is 1. The molecule has 0 aliphatic carbocycles. The number of carboxylic acid groups (broad SMARTS) is 1. The Morgan fingerprint density at radius 1 is 1.57 bits per heavy atom. The molecule has 0 rings (SSSR count). The summed E-state index contributed by atoms with van der Waals surface area (Å²) in [5.41, 5.74) is 0. The Hall–Kier alpha value is 0.626. The van der Waals surface area contributed by atoms with Crippen molar-refractivity contribution in [1.82, 2.24) is 0 Å². The second kappa shape index (κ2) is 16.0. The Kier molecular flexibility index (Phi) is 58.0. The second-order valence-electron chi connectivity index (χ2n) is 0.519. The fourth-order valence-corrected chi connectivity index (χ4v) is 0. The minimum absolute atomic E-state index is 0. The highest BCUT2D eigenvalue weighted by Crippen LogP contribution is 1.42. The van der Waals surface area contributed by atoms with Gasteiger partial charge in [-0.3, -0.25) is 4.79 Å². The highest BCUT2D eigenvalue weighted by atomic mass is 31.0. The largest absolute Gasteiger partial charge is 0.481 e. The molecule has 0 aromatic carbocycles. The first-order valence-electron chi connectivity index (χ1n) is 0.928. The first-order valence-corrected chi connectivity index (χ1v) is 0.928. The molecule has 0 bridgehead atoms. The zero-order chi connectivity index (χ0) is 3.58. The van der Waals surface area contributed by atoms with Gasteiger partial charge < -0.3 is 10.6 Å². The zero-order valence-corrected chi connectivity index (χ0v) is 4.98. The van der Waals surface area contributed by atoms with Crippen molar-refractivity contribution in [2.45, 2.75) is 6.92 Å². The fourth-order valence-electron chi connectivity index (χ4n) is 0. The van der Waals surface area contributed by atoms with E-state index in [2.05, 4.69) is 0 Å². The van der Waals surface area contributed by atoms with E-state index in [0.29, 0.717) is 0 Å². The molecule has 1 atom stereocenters. The summed E-state index contributed by atoms with van der Waals surface area (Å²) in [4.78, 5) is 9.00. The summed E-state index contributed by atoms with van der Waals surface area (Å²) in [5, 5.41) is 7.42. The number of rotatable bonds is 0. The first kappa shape index (κ1) is 25.5. The molecule has 3 nitrogen and oxygen atoms in total. The van der Waals surface area contributed by atoms with Gasteiger partial charge in [-0.25, -0.2) is 0 Å².